The predicted octanol–water partition coefficient (Wildman–Crippen LogP) is 3.73. The van der Waals surface area contributed by atoms with E-state index in [-0.39, 0.29) is 0 Å². The summed E-state index contributed by atoms with van der Waals surface area (Å²) >= 11 is 5.13. The van der Waals surface area contributed by atoms with Crippen molar-refractivity contribution in [3.63, 3.8) is 0 Å². The molecule has 0 saturated carbocycles. The molecule has 128 valence electrons. The highest BCUT2D eigenvalue weighted by Gasteiger charge is 2.10. The lowest BCUT2D eigenvalue weighted by Gasteiger charge is -2.01. The zero-order chi connectivity index (χ0) is 17.8. The average molecular weight is 360 g/mol. The van der Waals surface area contributed by atoms with Crippen molar-refractivity contribution < 1.29 is 0 Å². The number of hydrogen-bond donors (Lipinski definition) is 1. The number of rotatable bonds is 5. The van der Waals surface area contributed by atoms with Crippen molar-refractivity contribution in [3.05, 3.63) is 89.1 Å². The van der Waals surface area contributed by atoms with Gasteiger partial charge in [0, 0.05) is 17.3 Å². The second-order valence-corrected chi connectivity index (χ2v) is 6.12. The van der Waals surface area contributed by atoms with E-state index in [1.807, 2.05) is 59.4 Å². The molecule has 0 unspecified atom stereocenters. The van der Waals surface area contributed by atoms with Crippen LogP contribution in [-0.4, -0.2) is 30.9 Å². The van der Waals surface area contributed by atoms with E-state index in [4.69, 9.17) is 17.3 Å². The van der Waals surface area contributed by atoms with Gasteiger partial charge in [-0.1, -0.05) is 60.7 Å². The van der Waals surface area contributed by atoms with E-state index in [2.05, 4.69) is 27.4 Å². The molecule has 0 bridgehead atoms. The summed E-state index contributed by atoms with van der Waals surface area (Å²) in [5.41, 5.74) is 4.02. The van der Waals surface area contributed by atoms with Gasteiger partial charge in [0.05, 0.1) is 12.8 Å². The first-order chi connectivity index (χ1) is 12.8. The Hall–Kier alpha value is -3.32. The molecule has 0 aliphatic carbocycles. The number of nitrogens with one attached hydrogen (secondary N) is 1. The van der Waals surface area contributed by atoms with Gasteiger partial charge in [0.1, 0.15) is 12.0 Å². The molecule has 1 N–H and O–H groups in total. The summed E-state index contributed by atoms with van der Waals surface area (Å²) < 4.78 is 3.88. The summed E-state index contributed by atoms with van der Waals surface area (Å²) in [6, 6.07) is 20.3. The molecule has 0 fully saturated rings. The highest BCUT2D eigenvalue weighted by Crippen LogP contribution is 2.21. The molecule has 2 aromatic heterocycles. The van der Waals surface area contributed by atoms with Gasteiger partial charge in [-0.2, -0.15) is 20.0 Å². The first-order valence-corrected chi connectivity index (χ1v) is 8.53. The lowest BCUT2D eigenvalue weighted by Crippen LogP contribution is -1.99. The Labute approximate surface area is 155 Å². The van der Waals surface area contributed by atoms with Gasteiger partial charge in [0.2, 0.25) is 4.77 Å². The third-order valence-corrected chi connectivity index (χ3v) is 4.16. The fourth-order valence-corrected chi connectivity index (χ4v) is 2.80. The topological polar surface area (TPSA) is 63.8 Å². The maximum Gasteiger partial charge on any atom is 0.216 e. The van der Waals surface area contributed by atoms with Crippen molar-refractivity contribution in [1.29, 1.82) is 0 Å². The molecular formula is C19H16N6S. The van der Waals surface area contributed by atoms with Crippen LogP contribution >= 0.6 is 12.2 Å². The standard InChI is InChI=1S/C19H16N6S/c26-19-22-20-14-25(19)21-11-17-13-24(12-15-7-3-1-4-8-15)23-18(17)16-9-5-2-6-10-16/h1-11,13-14H,12H2,(H,22,26)/b21-11-. The highest BCUT2D eigenvalue weighted by molar-refractivity contribution is 7.71. The van der Waals surface area contributed by atoms with Crippen molar-refractivity contribution >= 4 is 18.4 Å². The van der Waals surface area contributed by atoms with Gasteiger partial charge in [-0.25, -0.2) is 0 Å². The number of nitrogens with zero attached hydrogens (tertiary/aromatic N) is 5. The Morgan fingerprint density at radius 1 is 1.04 bits per heavy atom. The van der Waals surface area contributed by atoms with Crippen LogP contribution in [0.1, 0.15) is 11.1 Å². The Kier molecular flexibility index (Phi) is 4.53. The molecule has 4 rings (SSSR count). The molecule has 0 saturated heterocycles. The van der Waals surface area contributed by atoms with Crippen LogP contribution in [-0.2, 0) is 6.54 Å². The zero-order valence-corrected chi connectivity index (χ0v) is 14.7. The summed E-state index contributed by atoms with van der Waals surface area (Å²) in [6.45, 7) is 0.694. The summed E-state index contributed by atoms with van der Waals surface area (Å²) in [5.74, 6) is 0. The molecule has 7 heteroatoms. The molecule has 2 heterocycles. The third kappa shape index (κ3) is 3.52. The molecule has 26 heavy (non-hydrogen) atoms. The molecule has 0 aliphatic heterocycles. The van der Waals surface area contributed by atoms with E-state index in [1.54, 1.807) is 6.21 Å². The fraction of sp³-hybridized carbons (Fsp3) is 0.0526. The Morgan fingerprint density at radius 3 is 2.46 bits per heavy atom. The van der Waals surface area contributed by atoms with Crippen molar-refractivity contribution in [1.82, 2.24) is 24.7 Å². The van der Waals surface area contributed by atoms with Crippen molar-refractivity contribution in [3.8, 4) is 11.3 Å². The van der Waals surface area contributed by atoms with Crippen molar-refractivity contribution in [2.24, 2.45) is 5.10 Å². The smallest absolute Gasteiger partial charge is 0.216 e. The summed E-state index contributed by atoms with van der Waals surface area (Å²) in [5, 5.41) is 15.7. The molecule has 0 radical (unpaired) electrons. The first kappa shape index (κ1) is 16.2. The molecule has 6 nitrogen and oxygen atoms in total. The average Bonchev–Trinajstić information content (AvgIpc) is 3.27. The summed E-state index contributed by atoms with van der Waals surface area (Å²) in [6.07, 6.45) is 5.28. The summed E-state index contributed by atoms with van der Waals surface area (Å²) in [4.78, 5) is 0. The molecule has 0 atom stereocenters. The normalized spacial score (nSPS) is 11.2. The van der Waals surface area contributed by atoms with Crippen LogP contribution in [0.3, 0.4) is 0 Å². The summed E-state index contributed by atoms with van der Waals surface area (Å²) in [7, 11) is 0. The number of hydrogen-bond acceptors (Lipinski definition) is 4. The minimum atomic E-state index is 0.444. The van der Waals surface area contributed by atoms with Crippen LogP contribution in [0.2, 0.25) is 0 Å². The first-order valence-electron chi connectivity index (χ1n) is 8.13. The van der Waals surface area contributed by atoms with Crippen LogP contribution < -0.4 is 0 Å². The fourth-order valence-electron chi connectivity index (χ4n) is 2.65. The predicted molar refractivity (Wildman–Crippen MR) is 104 cm³/mol. The van der Waals surface area contributed by atoms with E-state index >= 15 is 0 Å². The second-order valence-electron chi connectivity index (χ2n) is 5.73. The largest absolute Gasteiger partial charge is 0.267 e. The van der Waals surface area contributed by atoms with Gasteiger partial charge < -0.3 is 0 Å². The van der Waals surface area contributed by atoms with Gasteiger partial charge in [-0.15, -0.1) is 0 Å². The lowest BCUT2D eigenvalue weighted by molar-refractivity contribution is 0.689. The van der Waals surface area contributed by atoms with Gasteiger partial charge in [-0.3, -0.25) is 9.78 Å². The lowest BCUT2D eigenvalue weighted by atomic mass is 10.1. The molecule has 0 aliphatic rings. The number of aromatic nitrogens is 5. The van der Waals surface area contributed by atoms with Gasteiger partial charge >= 0.3 is 0 Å². The van der Waals surface area contributed by atoms with Gasteiger partial charge in [-0.05, 0) is 17.8 Å². The van der Waals surface area contributed by atoms with Crippen LogP contribution in [0.4, 0.5) is 0 Å². The molecule has 2 aromatic carbocycles. The number of H-pyrrole nitrogens is 1. The maximum atomic E-state index is 5.13. The van der Waals surface area contributed by atoms with E-state index in [0.29, 0.717) is 11.3 Å². The molecule has 0 spiro atoms. The minimum absolute atomic E-state index is 0.444. The third-order valence-electron chi connectivity index (χ3n) is 3.88. The Balaban J connectivity index is 1.72. The van der Waals surface area contributed by atoms with Crippen LogP contribution in [0.25, 0.3) is 11.3 Å². The monoisotopic (exact) mass is 360 g/mol. The SMILES string of the molecule is S=c1[nH]ncn1/N=C\c1cn(Cc2ccccc2)nc1-c1ccccc1. The van der Waals surface area contributed by atoms with Crippen LogP contribution in [0, 0.1) is 4.77 Å². The zero-order valence-electron chi connectivity index (χ0n) is 13.9. The highest BCUT2D eigenvalue weighted by atomic mass is 32.1. The van der Waals surface area contributed by atoms with Crippen molar-refractivity contribution in [2.75, 3.05) is 0 Å². The van der Waals surface area contributed by atoms with Crippen LogP contribution in [0.15, 0.2) is 78.3 Å². The van der Waals surface area contributed by atoms with Crippen molar-refractivity contribution in [2.45, 2.75) is 6.54 Å². The maximum absolute atomic E-state index is 5.13. The van der Waals surface area contributed by atoms with E-state index < -0.39 is 0 Å². The molecule has 4 aromatic rings. The van der Waals surface area contributed by atoms with E-state index in [9.17, 15) is 0 Å². The molecule has 0 amide bonds. The molecular weight excluding hydrogens is 344 g/mol. The minimum Gasteiger partial charge on any atom is -0.267 e. The van der Waals surface area contributed by atoms with Crippen LogP contribution in [0.5, 0.6) is 0 Å². The quantitative estimate of drug-likeness (QED) is 0.436. The van der Waals surface area contributed by atoms with E-state index in [0.717, 1.165) is 16.8 Å². The van der Waals surface area contributed by atoms with Gasteiger partial charge in [0.15, 0.2) is 0 Å². The number of aromatic amines is 1. The van der Waals surface area contributed by atoms with E-state index in [1.165, 1.54) is 16.6 Å². The van der Waals surface area contributed by atoms with Gasteiger partial charge in [0.25, 0.3) is 0 Å². The Bertz CT molecular complexity index is 1080. The number of benzene rings is 2. The Morgan fingerprint density at radius 2 is 1.77 bits per heavy atom. The second kappa shape index (κ2) is 7.28.